The van der Waals surface area contributed by atoms with Gasteiger partial charge in [0.05, 0.1) is 5.41 Å². The van der Waals surface area contributed by atoms with E-state index < -0.39 is 11.4 Å². The molecular formula is C14H18ClNO2. The van der Waals surface area contributed by atoms with Gasteiger partial charge in [0.25, 0.3) is 0 Å². The average molecular weight is 268 g/mol. The molecule has 1 fully saturated rings. The van der Waals surface area contributed by atoms with Crippen molar-refractivity contribution >= 4 is 17.6 Å². The van der Waals surface area contributed by atoms with Crippen molar-refractivity contribution in [2.75, 3.05) is 0 Å². The minimum Gasteiger partial charge on any atom is -0.481 e. The maximum Gasteiger partial charge on any atom is 0.309 e. The van der Waals surface area contributed by atoms with Crippen molar-refractivity contribution in [2.45, 2.75) is 39.0 Å². The largest absolute Gasteiger partial charge is 0.481 e. The van der Waals surface area contributed by atoms with Gasteiger partial charge in [0.15, 0.2) is 0 Å². The molecule has 1 aromatic heterocycles. The van der Waals surface area contributed by atoms with Gasteiger partial charge in [-0.3, -0.25) is 4.79 Å². The monoisotopic (exact) mass is 267 g/mol. The normalized spacial score (nSPS) is 28.0. The summed E-state index contributed by atoms with van der Waals surface area (Å²) in [6.07, 6.45) is 5.74. The van der Waals surface area contributed by atoms with E-state index >= 15 is 0 Å². The molecule has 0 aromatic carbocycles. The molecule has 0 atom stereocenters. The molecule has 98 valence electrons. The lowest BCUT2D eigenvalue weighted by Gasteiger charge is -2.35. The summed E-state index contributed by atoms with van der Waals surface area (Å²) in [6, 6.07) is 3.59. The van der Waals surface area contributed by atoms with Crippen LogP contribution in [0.25, 0.3) is 0 Å². The molecule has 1 aliphatic rings. The lowest BCUT2D eigenvalue weighted by molar-refractivity contribution is -0.151. The molecule has 0 aliphatic heterocycles. The van der Waals surface area contributed by atoms with Gasteiger partial charge in [0, 0.05) is 6.20 Å². The Morgan fingerprint density at radius 2 is 2.17 bits per heavy atom. The smallest absolute Gasteiger partial charge is 0.309 e. The molecule has 2 rings (SSSR count). The number of carboxylic acids is 1. The zero-order chi connectivity index (χ0) is 13.2. The van der Waals surface area contributed by atoms with Gasteiger partial charge in [-0.25, -0.2) is 4.98 Å². The molecule has 1 aromatic rings. The summed E-state index contributed by atoms with van der Waals surface area (Å²) in [6.45, 7) is 2.19. The lowest BCUT2D eigenvalue weighted by atomic mass is 9.68. The Hall–Kier alpha value is -1.09. The Morgan fingerprint density at radius 3 is 2.67 bits per heavy atom. The van der Waals surface area contributed by atoms with Crippen LogP contribution in [0.2, 0.25) is 5.15 Å². The van der Waals surface area contributed by atoms with Crippen molar-refractivity contribution in [1.82, 2.24) is 4.98 Å². The second-order valence-corrected chi connectivity index (χ2v) is 5.82. The highest BCUT2D eigenvalue weighted by atomic mass is 35.5. The van der Waals surface area contributed by atoms with Gasteiger partial charge in [0.2, 0.25) is 0 Å². The molecule has 1 heterocycles. The first-order valence-corrected chi connectivity index (χ1v) is 6.73. The van der Waals surface area contributed by atoms with Gasteiger partial charge < -0.3 is 5.11 Å². The van der Waals surface area contributed by atoms with Crippen molar-refractivity contribution in [2.24, 2.45) is 11.3 Å². The summed E-state index contributed by atoms with van der Waals surface area (Å²) < 4.78 is 0. The molecule has 3 nitrogen and oxygen atoms in total. The van der Waals surface area contributed by atoms with Gasteiger partial charge in [-0.15, -0.1) is 0 Å². The van der Waals surface area contributed by atoms with E-state index in [2.05, 4.69) is 11.9 Å². The molecule has 18 heavy (non-hydrogen) atoms. The fourth-order valence-corrected chi connectivity index (χ4v) is 2.79. The highest BCUT2D eigenvalue weighted by Gasteiger charge is 2.41. The fraction of sp³-hybridized carbons (Fsp3) is 0.571. The molecule has 4 heteroatoms. The lowest BCUT2D eigenvalue weighted by Crippen LogP contribution is -2.37. The quantitative estimate of drug-likeness (QED) is 0.852. The minimum atomic E-state index is -0.677. The average Bonchev–Trinajstić information content (AvgIpc) is 2.35. The maximum atomic E-state index is 11.6. The second-order valence-electron chi connectivity index (χ2n) is 5.43. The van der Waals surface area contributed by atoms with Gasteiger partial charge in [-0.05, 0) is 49.7 Å². The van der Waals surface area contributed by atoms with Crippen LogP contribution in [-0.4, -0.2) is 16.1 Å². The number of nitrogens with zero attached hydrogens (tertiary/aromatic N) is 1. The molecule has 0 amide bonds. The van der Waals surface area contributed by atoms with Crippen LogP contribution in [0.3, 0.4) is 0 Å². The van der Waals surface area contributed by atoms with Crippen LogP contribution >= 0.6 is 11.6 Å². The van der Waals surface area contributed by atoms with Gasteiger partial charge >= 0.3 is 5.97 Å². The van der Waals surface area contributed by atoms with E-state index in [-0.39, 0.29) is 0 Å². The summed E-state index contributed by atoms with van der Waals surface area (Å²) in [5.41, 5.74) is 0.346. The first kappa shape index (κ1) is 13.3. The Kier molecular flexibility index (Phi) is 3.91. The number of rotatable bonds is 3. The molecular weight excluding hydrogens is 250 g/mol. The number of aliphatic carboxylic acids is 1. The predicted octanol–water partition coefficient (Wildman–Crippen LogP) is 3.56. The number of hydrogen-bond donors (Lipinski definition) is 1. The number of carboxylic acid groups (broad SMARTS) is 1. The molecule has 0 radical (unpaired) electrons. The number of hydrogen-bond acceptors (Lipinski definition) is 2. The fourth-order valence-electron chi connectivity index (χ4n) is 2.68. The Balaban J connectivity index is 2.16. The first-order valence-electron chi connectivity index (χ1n) is 6.36. The van der Waals surface area contributed by atoms with E-state index in [1.54, 1.807) is 12.3 Å². The maximum absolute atomic E-state index is 11.6. The SMILES string of the molecule is CC1CCC(Cc2ccc(Cl)nc2)(C(=O)O)CC1. The van der Waals surface area contributed by atoms with E-state index in [4.69, 9.17) is 11.6 Å². The summed E-state index contributed by atoms with van der Waals surface area (Å²) in [5.74, 6) is -0.0369. The highest BCUT2D eigenvalue weighted by molar-refractivity contribution is 6.29. The number of pyridine rings is 1. The Labute approximate surface area is 112 Å². The van der Waals surface area contributed by atoms with Crippen molar-refractivity contribution in [3.05, 3.63) is 29.0 Å². The van der Waals surface area contributed by atoms with Crippen molar-refractivity contribution in [1.29, 1.82) is 0 Å². The van der Waals surface area contributed by atoms with Crippen LogP contribution in [0.15, 0.2) is 18.3 Å². The van der Waals surface area contributed by atoms with Crippen molar-refractivity contribution in [3.63, 3.8) is 0 Å². The van der Waals surface area contributed by atoms with Gasteiger partial charge in [-0.1, -0.05) is 24.6 Å². The van der Waals surface area contributed by atoms with E-state index in [1.165, 1.54) is 0 Å². The van der Waals surface area contributed by atoms with Crippen LogP contribution in [0.5, 0.6) is 0 Å². The molecule has 0 saturated heterocycles. The number of aromatic nitrogens is 1. The Bertz CT molecular complexity index is 422. The zero-order valence-electron chi connectivity index (χ0n) is 10.5. The summed E-state index contributed by atoms with van der Waals surface area (Å²) in [4.78, 5) is 15.6. The van der Waals surface area contributed by atoms with Crippen LogP contribution in [0, 0.1) is 11.3 Å². The number of halogens is 1. The molecule has 0 spiro atoms. The highest BCUT2D eigenvalue weighted by Crippen LogP contribution is 2.41. The van der Waals surface area contributed by atoms with E-state index in [1.807, 2.05) is 6.07 Å². The molecule has 1 N–H and O–H groups in total. The van der Waals surface area contributed by atoms with Crippen LogP contribution in [-0.2, 0) is 11.2 Å². The van der Waals surface area contributed by atoms with Crippen LogP contribution < -0.4 is 0 Å². The van der Waals surface area contributed by atoms with E-state index in [0.29, 0.717) is 17.5 Å². The summed E-state index contributed by atoms with van der Waals surface area (Å²) in [5, 5.41) is 9.99. The van der Waals surface area contributed by atoms with Crippen molar-refractivity contribution < 1.29 is 9.90 Å². The minimum absolute atomic E-state index is 0.445. The molecule has 0 unspecified atom stereocenters. The summed E-state index contributed by atoms with van der Waals surface area (Å²) >= 11 is 5.74. The third-order valence-electron chi connectivity index (χ3n) is 4.02. The van der Waals surface area contributed by atoms with E-state index in [0.717, 1.165) is 31.2 Å². The van der Waals surface area contributed by atoms with Crippen LogP contribution in [0.4, 0.5) is 0 Å². The first-order chi connectivity index (χ1) is 8.52. The molecule has 1 saturated carbocycles. The predicted molar refractivity (Wildman–Crippen MR) is 70.7 cm³/mol. The summed E-state index contributed by atoms with van der Waals surface area (Å²) in [7, 11) is 0. The van der Waals surface area contributed by atoms with Gasteiger partial charge in [0.1, 0.15) is 5.15 Å². The third-order valence-corrected chi connectivity index (χ3v) is 4.24. The number of carbonyl (C=O) groups is 1. The standard InChI is InChI=1S/C14H18ClNO2/c1-10-4-6-14(7-5-10,13(17)18)8-11-2-3-12(15)16-9-11/h2-3,9-10H,4-8H2,1H3,(H,17,18). The molecule has 1 aliphatic carbocycles. The Morgan fingerprint density at radius 1 is 1.50 bits per heavy atom. The van der Waals surface area contributed by atoms with Crippen molar-refractivity contribution in [3.8, 4) is 0 Å². The van der Waals surface area contributed by atoms with Gasteiger partial charge in [-0.2, -0.15) is 0 Å². The third kappa shape index (κ3) is 2.83. The van der Waals surface area contributed by atoms with Crippen LogP contribution in [0.1, 0.15) is 38.2 Å². The topological polar surface area (TPSA) is 50.2 Å². The molecule has 0 bridgehead atoms. The van der Waals surface area contributed by atoms with E-state index in [9.17, 15) is 9.90 Å². The zero-order valence-corrected chi connectivity index (χ0v) is 11.3. The second kappa shape index (κ2) is 5.27.